The first-order chi connectivity index (χ1) is 11.6. The van der Waals surface area contributed by atoms with Crippen LogP contribution < -0.4 is 10.6 Å². The number of thiazole rings is 1. The largest absolute Gasteiger partial charge is 0.385 e. The molecule has 2 amide bonds. The molecule has 128 valence electrons. The number of rotatable bonds is 8. The molecular weight excluding hydrogens is 326 g/mol. The van der Waals surface area contributed by atoms with Gasteiger partial charge in [-0.1, -0.05) is 0 Å². The quantitative estimate of drug-likeness (QED) is 0.719. The molecule has 1 heterocycles. The number of anilines is 1. The molecule has 0 aliphatic carbocycles. The first-order valence-electron chi connectivity index (χ1n) is 7.66. The van der Waals surface area contributed by atoms with E-state index in [-0.39, 0.29) is 18.2 Å². The van der Waals surface area contributed by atoms with E-state index in [0.717, 1.165) is 28.4 Å². The van der Waals surface area contributed by atoms with E-state index in [9.17, 15) is 9.59 Å². The molecule has 0 spiro atoms. The van der Waals surface area contributed by atoms with Crippen LogP contribution in [0.4, 0.5) is 5.69 Å². The van der Waals surface area contributed by atoms with Gasteiger partial charge in [0.05, 0.1) is 12.1 Å². The number of methoxy groups -OCH3 is 1. The van der Waals surface area contributed by atoms with Gasteiger partial charge in [0, 0.05) is 43.8 Å². The summed E-state index contributed by atoms with van der Waals surface area (Å²) in [7, 11) is 1.64. The maximum Gasteiger partial charge on any atom is 0.226 e. The minimum Gasteiger partial charge on any atom is -0.385 e. The maximum atomic E-state index is 11.8. The molecule has 0 radical (unpaired) electrons. The first-order valence-corrected chi connectivity index (χ1v) is 8.54. The van der Waals surface area contributed by atoms with Gasteiger partial charge in [0.15, 0.2) is 0 Å². The lowest BCUT2D eigenvalue weighted by atomic mass is 10.2. The molecule has 0 saturated carbocycles. The molecule has 0 atom stereocenters. The zero-order valence-electron chi connectivity index (χ0n) is 13.8. The van der Waals surface area contributed by atoms with Gasteiger partial charge in [0.2, 0.25) is 11.8 Å². The molecule has 2 N–H and O–H groups in total. The van der Waals surface area contributed by atoms with Crippen molar-refractivity contribution in [3.63, 3.8) is 0 Å². The van der Waals surface area contributed by atoms with Crippen molar-refractivity contribution in [3.8, 4) is 10.6 Å². The van der Waals surface area contributed by atoms with E-state index in [1.54, 1.807) is 7.11 Å². The van der Waals surface area contributed by atoms with Crippen molar-refractivity contribution >= 4 is 28.8 Å². The van der Waals surface area contributed by atoms with Crippen LogP contribution in [0.2, 0.25) is 0 Å². The number of nitrogens with zero attached hydrogens (tertiary/aromatic N) is 1. The Balaban J connectivity index is 1.90. The summed E-state index contributed by atoms with van der Waals surface area (Å²) in [5, 5.41) is 8.32. The fourth-order valence-electron chi connectivity index (χ4n) is 2.09. The number of benzene rings is 1. The molecule has 0 bridgehead atoms. The van der Waals surface area contributed by atoms with Crippen molar-refractivity contribution in [2.45, 2.75) is 19.8 Å². The average Bonchev–Trinajstić information content (AvgIpc) is 3.00. The Morgan fingerprint density at radius 2 is 2.00 bits per heavy atom. The van der Waals surface area contributed by atoms with Gasteiger partial charge in [-0.05, 0) is 30.7 Å². The number of ether oxygens (including phenoxy) is 1. The van der Waals surface area contributed by atoms with Gasteiger partial charge in [-0.25, -0.2) is 4.98 Å². The third-order valence-electron chi connectivity index (χ3n) is 3.19. The number of carbonyl (C=O) groups excluding carboxylic acids is 2. The maximum absolute atomic E-state index is 11.8. The van der Waals surface area contributed by atoms with Gasteiger partial charge in [-0.15, -0.1) is 11.3 Å². The molecule has 0 saturated heterocycles. The molecule has 0 unspecified atom stereocenters. The Labute approximate surface area is 145 Å². The van der Waals surface area contributed by atoms with Gasteiger partial charge in [0.1, 0.15) is 5.01 Å². The molecule has 2 aromatic rings. The van der Waals surface area contributed by atoms with Crippen LogP contribution in [-0.2, 0) is 20.7 Å². The highest BCUT2D eigenvalue weighted by Crippen LogP contribution is 2.25. The summed E-state index contributed by atoms with van der Waals surface area (Å²) in [6.07, 6.45) is 1.07. The topological polar surface area (TPSA) is 80.3 Å². The molecule has 2 rings (SSSR count). The zero-order chi connectivity index (χ0) is 17.4. The standard InChI is InChI=1S/C17H21N3O3S/c1-12(21)19-14-6-4-13(5-7-14)17-20-15(11-24-17)10-16(22)18-8-3-9-23-2/h4-7,11H,3,8-10H2,1-2H3,(H,18,22)(H,19,21). The summed E-state index contributed by atoms with van der Waals surface area (Å²) in [6, 6.07) is 7.47. The van der Waals surface area contributed by atoms with Crippen LogP contribution in [0.5, 0.6) is 0 Å². The van der Waals surface area contributed by atoms with Crippen LogP contribution in [-0.4, -0.2) is 37.1 Å². The number of hydrogen-bond acceptors (Lipinski definition) is 5. The Morgan fingerprint density at radius 1 is 1.25 bits per heavy atom. The summed E-state index contributed by atoms with van der Waals surface area (Å²) >= 11 is 1.50. The predicted octanol–water partition coefficient (Wildman–Crippen LogP) is 2.46. The molecule has 0 aliphatic heterocycles. The molecule has 6 nitrogen and oxygen atoms in total. The highest BCUT2D eigenvalue weighted by Gasteiger charge is 2.09. The minimum absolute atomic E-state index is 0.0380. The number of nitrogens with one attached hydrogen (secondary N) is 2. The Morgan fingerprint density at radius 3 is 2.67 bits per heavy atom. The van der Waals surface area contributed by atoms with Crippen molar-refractivity contribution in [1.82, 2.24) is 10.3 Å². The third-order valence-corrected chi connectivity index (χ3v) is 4.13. The van der Waals surface area contributed by atoms with Crippen LogP contribution in [0, 0.1) is 0 Å². The normalized spacial score (nSPS) is 10.4. The Hall–Kier alpha value is -2.25. The van der Waals surface area contributed by atoms with Gasteiger partial charge < -0.3 is 15.4 Å². The Kier molecular flexibility index (Phi) is 6.89. The Bertz CT molecular complexity index is 683. The van der Waals surface area contributed by atoms with Gasteiger partial charge in [-0.2, -0.15) is 0 Å². The van der Waals surface area contributed by atoms with Crippen LogP contribution in [0.3, 0.4) is 0 Å². The van der Waals surface area contributed by atoms with Crippen LogP contribution >= 0.6 is 11.3 Å². The van der Waals surface area contributed by atoms with Crippen LogP contribution in [0.1, 0.15) is 19.0 Å². The van der Waals surface area contributed by atoms with E-state index in [2.05, 4.69) is 15.6 Å². The van der Waals surface area contributed by atoms with Crippen molar-refractivity contribution < 1.29 is 14.3 Å². The van der Waals surface area contributed by atoms with E-state index in [1.165, 1.54) is 18.3 Å². The lowest BCUT2D eigenvalue weighted by Crippen LogP contribution is -2.26. The first kappa shape index (κ1) is 18.1. The number of aromatic nitrogens is 1. The second-order valence-electron chi connectivity index (χ2n) is 5.28. The van der Waals surface area contributed by atoms with E-state index < -0.39 is 0 Å². The summed E-state index contributed by atoms with van der Waals surface area (Å²) in [5.41, 5.74) is 2.46. The van der Waals surface area contributed by atoms with Crippen molar-refractivity contribution in [3.05, 3.63) is 35.3 Å². The number of hydrogen-bond donors (Lipinski definition) is 2. The van der Waals surface area contributed by atoms with Crippen molar-refractivity contribution in [2.75, 3.05) is 25.6 Å². The van der Waals surface area contributed by atoms with E-state index >= 15 is 0 Å². The molecule has 0 fully saturated rings. The van der Waals surface area contributed by atoms with Gasteiger partial charge in [-0.3, -0.25) is 9.59 Å². The highest BCUT2D eigenvalue weighted by atomic mass is 32.1. The fraction of sp³-hybridized carbons (Fsp3) is 0.353. The highest BCUT2D eigenvalue weighted by molar-refractivity contribution is 7.13. The number of amides is 2. The van der Waals surface area contributed by atoms with E-state index in [4.69, 9.17) is 4.74 Å². The van der Waals surface area contributed by atoms with Gasteiger partial charge in [0.25, 0.3) is 0 Å². The number of carbonyl (C=O) groups is 2. The molecule has 24 heavy (non-hydrogen) atoms. The second kappa shape index (κ2) is 9.14. The molecule has 1 aromatic carbocycles. The molecule has 0 aliphatic rings. The molecular formula is C17H21N3O3S. The van der Waals surface area contributed by atoms with Crippen LogP contribution in [0.25, 0.3) is 10.6 Å². The summed E-state index contributed by atoms with van der Waals surface area (Å²) in [5.74, 6) is -0.139. The summed E-state index contributed by atoms with van der Waals surface area (Å²) < 4.78 is 4.94. The fourth-order valence-corrected chi connectivity index (χ4v) is 2.92. The van der Waals surface area contributed by atoms with E-state index in [1.807, 2.05) is 29.6 Å². The predicted molar refractivity (Wildman–Crippen MR) is 95.1 cm³/mol. The van der Waals surface area contributed by atoms with Crippen molar-refractivity contribution in [1.29, 1.82) is 0 Å². The molecule has 1 aromatic heterocycles. The monoisotopic (exact) mass is 347 g/mol. The average molecular weight is 347 g/mol. The van der Waals surface area contributed by atoms with E-state index in [0.29, 0.717) is 13.2 Å². The van der Waals surface area contributed by atoms with Crippen LogP contribution in [0.15, 0.2) is 29.6 Å². The lowest BCUT2D eigenvalue weighted by Gasteiger charge is -2.03. The minimum atomic E-state index is -0.101. The van der Waals surface area contributed by atoms with Crippen molar-refractivity contribution in [2.24, 2.45) is 0 Å². The lowest BCUT2D eigenvalue weighted by molar-refractivity contribution is -0.120. The summed E-state index contributed by atoms with van der Waals surface area (Å²) in [4.78, 5) is 27.4. The second-order valence-corrected chi connectivity index (χ2v) is 6.13. The third kappa shape index (κ3) is 5.75. The van der Waals surface area contributed by atoms with Gasteiger partial charge >= 0.3 is 0 Å². The smallest absolute Gasteiger partial charge is 0.226 e. The molecule has 7 heteroatoms. The zero-order valence-corrected chi connectivity index (χ0v) is 14.6. The summed E-state index contributed by atoms with van der Waals surface area (Å²) in [6.45, 7) is 2.71. The SMILES string of the molecule is COCCCNC(=O)Cc1csc(-c2ccc(NC(C)=O)cc2)n1.